The highest BCUT2D eigenvalue weighted by Crippen LogP contribution is 2.22. The lowest BCUT2D eigenvalue weighted by molar-refractivity contribution is -0.123. The predicted molar refractivity (Wildman–Crippen MR) is 96.6 cm³/mol. The maximum absolute atomic E-state index is 12.8. The molecule has 7 nitrogen and oxygen atoms in total. The number of carbonyl (C=O) groups excluding carboxylic acids is 1. The molecule has 0 saturated carbocycles. The van der Waals surface area contributed by atoms with Crippen molar-refractivity contribution in [3.63, 3.8) is 0 Å². The zero-order chi connectivity index (χ0) is 19.1. The molecule has 0 spiro atoms. The Morgan fingerprint density at radius 1 is 1.26 bits per heavy atom. The highest BCUT2D eigenvalue weighted by Gasteiger charge is 2.22. The molecular weight excluding hydrogens is 349 g/mol. The molecule has 0 atom stereocenters. The van der Waals surface area contributed by atoms with Crippen molar-refractivity contribution in [2.75, 3.05) is 31.1 Å². The molecule has 140 valence electrons. The second-order valence-electron chi connectivity index (χ2n) is 6.32. The van der Waals surface area contributed by atoms with E-state index in [-0.39, 0.29) is 18.3 Å². The maximum Gasteiger partial charge on any atom is 0.257 e. The summed E-state index contributed by atoms with van der Waals surface area (Å²) >= 11 is 0. The summed E-state index contributed by atoms with van der Waals surface area (Å²) in [6.07, 6.45) is 4.88. The van der Waals surface area contributed by atoms with E-state index in [1.165, 1.54) is 30.5 Å². The minimum Gasteiger partial charge on any atom is -0.484 e. The molecule has 0 unspecified atom stereocenters. The van der Waals surface area contributed by atoms with Gasteiger partial charge in [0, 0.05) is 32.0 Å². The first kappa shape index (κ1) is 18.6. The Labute approximate surface area is 156 Å². The fourth-order valence-corrected chi connectivity index (χ4v) is 2.98. The molecule has 1 aliphatic heterocycles. The first-order valence-corrected chi connectivity index (χ1v) is 8.77. The van der Waals surface area contributed by atoms with Gasteiger partial charge in [-0.15, -0.1) is 0 Å². The van der Waals surface area contributed by atoms with Crippen molar-refractivity contribution in [1.29, 1.82) is 5.26 Å². The number of anilines is 1. The molecule has 1 saturated heterocycles. The summed E-state index contributed by atoms with van der Waals surface area (Å²) in [5, 5.41) is 12.0. The van der Waals surface area contributed by atoms with Crippen LogP contribution in [0.2, 0.25) is 0 Å². The Kier molecular flexibility index (Phi) is 6.15. The van der Waals surface area contributed by atoms with Crippen LogP contribution in [0, 0.1) is 23.1 Å². The van der Waals surface area contributed by atoms with E-state index in [1.54, 1.807) is 6.20 Å². The zero-order valence-electron chi connectivity index (χ0n) is 14.8. The van der Waals surface area contributed by atoms with Crippen molar-refractivity contribution in [2.45, 2.75) is 12.8 Å². The molecule has 1 aromatic carbocycles. The lowest BCUT2D eigenvalue weighted by Gasteiger charge is -2.32. The van der Waals surface area contributed by atoms with Crippen LogP contribution in [0.15, 0.2) is 36.7 Å². The Hall–Kier alpha value is -3.21. The van der Waals surface area contributed by atoms with E-state index in [0.29, 0.717) is 29.7 Å². The van der Waals surface area contributed by atoms with E-state index in [2.05, 4.69) is 26.3 Å². The van der Waals surface area contributed by atoms with Crippen LogP contribution in [-0.4, -0.2) is 42.1 Å². The number of benzene rings is 1. The summed E-state index contributed by atoms with van der Waals surface area (Å²) in [4.78, 5) is 22.3. The summed E-state index contributed by atoms with van der Waals surface area (Å²) in [5.41, 5.74) is 0.335. The lowest BCUT2D eigenvalue weighted by atomic mass is 9.96. The van der Waals surface area contributed by atoms with Gasteiger partial charge in [-0.25, -0.2) is 14.4 Å². The highest BCUT2D eigenvalue weighted by molar-refractivity contribution is 5.77. The number of ether oxygens (including phenoxy) is 1. The van der Waals surface area contributed by atoms with E-state index in [1.807, 2.05) is 0 Å². The number of aromatic nitrogens is 2. The summed E-state index contributed by atoms with van der Waals surface area (Å²) in [6, 6.07) is 7.62. The van der Waals surface area contributed by atoms with E-state index in [9.17, 15) is 9.18 Å². The van der Waals surface area contributed by atoms with E-state index >= 15 is 0 Å². The molecule has 0 bridgehead atoms. The van der Waals surface area contributed by atoms with Crippen LogP contribution >= 0.6 is 0 Å². The number of nitrogens with one attached hydrogen (secondary N) is 1. The molecule has 27 heavy (non-hydrogen) atoms. The molecule has 3 rings (SSSR count). The number of hydrogen-bond acceptors (Lipinski definition) is 6. The van der Waals surface area contributed by atoms with Gasteiger partial charge in [0.2, 0.25) is 0 Å². The first-order valence-electron chi connectivity index (χ1n) is 8.77. The summed E-state index contributed by atoms with van der Waals surface area (Å²) in [5.74, 6) is 0.884. The monoisotopic (exact) mass is 369 g/mol. The topological polar surface area (TPSA) is 91.1 Å². The Morgan fingerprint density at radius 3 is 2.67 bits per heavy atom. The third kappa shape index (κ3) is 5.14. The SMILES string of the molecule is N#Cc1nccnc1N1CCC(CNC(=O)COc2ccc(F)cc2)CC1. The van der Waals surface area contributed by atoms with Gasteiger partial charge in [-0.1, -0.05) is 0 Å². The number of hydrogen-bond donors (Lipinski definition) is 1. The number of rotatable bonds is 6. The van der Waals surface area contributed by atoms with Crippen LogP contribution in [0.4, 0.5) is 10.2 Å². The van der Waals surface area contributed by atoms with Crippen molar-refractivity contribution >= 4 is 11.7 Å². The molecule has 2 heterocycles. The zero-order valence-corrected chi connectivity index (χ0v) is 14.8. The summed E-state index contributed by atoms with van der Waals surface area (Å²) in [6.45, 7) is 2.00. The fraction of sp³-hybridized carbons (Fsp3) is 0.368. The molecule has 1 aromatic heterocycles. The number of nitriles is 1. The van der Waals surface area contributed by atoms with Gasteiger partial charge in [0.25, 0.3) is 5.91 Å². The molecule has 1 N–H and O–H groups in total. The van der Waals surface area contributed by atoms with Crippen LogP contribution in [0.25, 0.3) is 0 Å². The smallest absolute Gasteiger partial charge is 0.257 e. The van der Waals surface area contributed by atoms with Gasteiger partial charge in [0.15, 0.2) is 18.1 Å². The van der Waals surface area contributed by atoms with Gasteiger partial charge in [-0.2, -0.15) is 5.26 Å². The average Bonchev–Trinajstić information content (AvgIpc) is 2.72. The summed E-state index contributed by atoms with van der Waals surface area (Å²) in [7, 11) is 0. The fourth-order valence-electron chi connectivity index (χ4n) is 2.98. The normalized spacial score (nSPS) is 14.4. The van der Waals surface area contributed by atoms with Crippen molar-refractivity contribution in [1.82, 2.24) is 15.3 Å². The van der Waals surface area contributed by atoms with Crippen molar-refractivity contribution in [3.05, 3.63) is 48.2 Å². The Bertz CT molecular complexity index is 814. The average molecular weight is 369 g/mol. The van der Waals surface area contributed by atoms with Crippen LogP contribution in [-0.2, 0) is 4.79 Å². The van der Waals surface area contributed by atoms with E-state index in [0.717, 1.165) is 25.9 Å². The van der Waals surface area contributed by atoms with Crippen molar-refractivity contribution in [3.8, 4) is 11.8 Å². The van der Waals surface area contributed by atoms with Gasteiger partial charge in [-0.3, -0.25) is 4.79 Å². The predicted octanol–water partition coefficient (Wildman–Crippen LogP) is 1.90. The second-order valence-corrected chi connectivity index (χ2v) is 6.32. The molecule has 8 heteroatoms. The van der Waals surface area contributed by atoms with Crippen molar-refractivity contribution in [2.24, 2.45) is 5.92 Å². The molecule has 1 fully saturated rings. The lowest BCUT2D eigenvalue weighted by Crippen LogP contribution is -2.40. The number of amides is 1. The summed E-state index contributed by atoms with van der Waals surface area (Å²) < 4.78 is 18.2. The molecule has 2 aromatic rings. The molecule has 0 radical (unpaired) electrons. The van der Waals surface area contributed by atoms with E-state index in [4.69, 9.17) is 10.00 Å². The largest absolute Gasteiger partial charge is 0.484 e. The van der Waals surface area contributed by atoms with Crippen molar-refractivity contribution < 1.29 is 13.9 Å². The Morgan fingerprint density at radius 2 is 1.96 bits per heavy atom. The van der Waals surface area contributed by atoms with Gasteiger partial charge in [0.05, 0.1) is 0 Å². The van der Waals surface area contributed by atoms with Crippen LogP contribution < -0.4 is 15.0 Å². The second kappa shape index (κ2) is 8.94. The van der Waals surface area contributed by atoms with Gasteiger partial charge in [0.1, 0.15) is 17.6 Å². The number of carbonyl (C=O) groups is 1. The molecule has 1 amide bonds. The molecule has 1 aliphatic rings. The number of piperidine rings is 1. The number of nitrogens with zero attached hydrogens (tertiary/aromatic N) is 4. The number of halogens is 1. The minimum absolute atomic E-state index is 0.102. The minimum atomic E-state index is -0.346. The molecular formula is C19H20FN5O2. The van der Waals surface area contributed by atoms with Gasteiger partial charge < -0.3 is 15.0 Å². The van der Waals surface area contributed by atoms with Crippen LogP contribution in [0.5, 0.6) is 5.75 Å². The Balaban J connectivity index is 1.40. The van der Waals surface area contributed by atoms with Gasteiger partial charge in [-0.05, 0) is 43.0 Å². The highest BCUT2D eigenvalue weighted by atomic mass is 19.1. The standard InChI is InChI=1S/C19H20FN5O2/c20-15-1-3-16(4-2-15)27-13-18(26)24-12-14-5-9-25(10-6-14)19-17(11-21)22-7-8-23-19/h1-4,7-8,14H,5-6,9-10,12-13H2,(H,24,26). The third-order valence-corrected chi connectivity index (χ3v) is 4.47. The van der Waals surface area contributed by atoms with Gasteiger partial charge >= 0.3 is 0 Å². The molecule has 0 aliphatic carbocycles. The van der Waals surface area contributed by atoms with Crippen LogP contribution in [0.3, 0.4) is 0 Å². The third-order valence-electron chi connectivity index (χ3n) is 4.47. The first-order chi connectivity index (χ1) is 13.2. The van der Waals surface area contributed by atoms with Crippen LogP contribution in [0.1, 0.15) is 18.5 Å². The maximum atomic E-state index is 12.8. The van der Waals surface area contributed by atoms with E-state index < -0.39 is 0 Å². The quantitative estimate of drug-likeness (QED) is 0.836.